The van der Waals surface area contributed by atoms with E-state index >= 15 is 0 Å². The van der Waals surface area contributed by atoms with Crippen LogP contribution in [-0.2, 0) is 12.0 Å². The number of benzene rings is 3. The van der Waals surface area contributed by atoms with E-state index in [9.17, 15) is 0 Å². The van der Waals surface area contributed by atoms with Crippen molar-refractivity contribution in [3.05, 3.63) is 102 Å². The fourth-order valence-corrected chi connectivity index (χ4v) is 5.85. The number of likely N-dealkylation sites (N-methyl/N-ethyl adjacent to an activating group) is 1. The zero-order valence-corrected chi connectivity index (χ0v) is 19.3. The maximum atomic E-state index is 2.66. The molecular formula is C29H35N3. The van der Waals surface area contributed by atoms with Crippen LogP contribution in [0.25, 0.3) is 0 Å². The minimum Gasteiger partial charge on any atom is -0.369 e. The lowest BCUT2D eigenvalue weighted by atomic mass is 9.67. The van der Waals surface area contributed by atoms with Gasteiger partial charge in [0.15, 0.2) is 0 Å². The second-order valence-corrected chi connectivity index (χ2v) is 9.55. The van der Waals surface area contributed by atoms with Gasteiger partial charge in [-0.05, 0) is 55.3 Å². The summed E-state index contributed by atoms with van der Waals surface area (Å²) in [5.74, 6) is 0. The van der Waals surface area contributed by atoms with Crippen molar-refractivity contribution in [3.63, 3.8) is 0 Å². The number of rotatable bonds is 6. The Kier molecular flexibility index (Phi) is 6.29. The molecule has 0 radical (unpaired) electrons. The van der Waals surface area contributed by atoms with E-state index in [1.807, 2.05) is 0 Å². The molecule has 0 N–H and O–H groups in total. The number of fused-ring (bicyclic) bond motifs is 1. The Labute approximate surface area is 193 Å². The van der Waals surface area contributed by atoms with Gasteiger partial charge in [-0.1, -0.05) is 72.8 Å². The lowest BCUT2D eigenvalue weighted by Gasteiger charge is -2.44. The Hall–Kier alpha value is -2.62. The Balaban J connectivity index is 1.28. The smallest absolute Gasteiger partial charge is 0.0367 e. The summed E-state index contributed by atoms with van der Waals surface area (Å²) in [6, 6.07) is 31.2. The molecule has 2 aliphatic heterocycles. The lowest BCUT2D eigenvalue weighted by Crippen LogP contribution is -2.48. The van der Waals surface area contributed by atoms with Gasteiger partial charge in [-0.25, -0.2) is 0 Å². The molecule has 0 saturated carbocycles. The van der Waals surface area contributed by atoms with Crippen molar-refractivity contribution in [2.45, 2.75) is 24.8 Å². The number of anilines is 1. The highest BCUT2D eigenvalue weighted by molar-refractivity contribution is 5.47. The monoisotopic (exact) mass is 425 g/mol. The summed E-state index contributed by atoms with van der Waals surface area (Å²) in [5, 5.41) is 0. The highest BCUT2D eigenvalue weighted by atomic mass is 15.3. The van der Waals surface area contributed by atoms with Crippen molar-refractivity contribution >= 4 is 5.69 Å². The summed E-state index contributed by atoms with van der Waals surface area (Å²) in [6.45, 7) is 7.89. The van der Waals surface area contributed by atoms with E-state index in [1.54, 1.807) is 0 Å². The zero-order chi connectivity index (χ0) is 21.8. The van der Waals surface area contributed by atoms with Gasteiger partial charge in [-0.15, -0.1) is 0 Å². The largest absolute Gasteiger partial charge is 0.369 e. The van der Waals surface area contributed by atoms with E-state index < -0.39 is 0 Å². The van der Waals surface area contributed by atoms with Crippen molar-refractivity contribution in [2.24, 2.45) is 0 Å². The standard InChI is InChI=1S/C29H35N3/c1-30-23-25-11-8-9-16-28(25)29(24-30,26-12-4-2-5-13-26)17-10-18-31-19-21-32(22-20-31)27-14-6-3-7-15-27/h2-9,11-16H,10,17-24H2,1H3. The van der Waals surface area contributed by atoms with Crippen LogP contribution in [0.3, 0.4) is 0 Å². The Morgan fingerprint density at radius 1 is 0.750 bits per heavy atom. The molecule has 166 valence electrons. The summed E-state index contributed by atoms with van der Waals surface area (Å²) in [5.41, 5.74) is 5.93. The predicted octanol–water partition coefficient (Wildman–Crippen LogP) is 5.02. The molecule has 1 atom stereocenters. The van der Waals surface area contributed by atoms with Gasteiger partial charge in [0.1, 0.15) is 0 Å². The van der Waals surface area contributed by atoms with Crippen LogP contribution in [-0.4, -0.2) is 56.1 Å². The average Bonchev–Trinajstić information content (AvgIpc) is 2.85. The Morgan fingerprint density at radius 2 is 1.41 bits per heavy atom. The molecule has 3 nitrogen and oxygen atoms in total. The first kappa shape index (κ1) is 21.2. The lowest BCUT2D eigenvalue weighted by molar-refractivity contribution is 0.207. The van der Waals surface area contributed by atoms with Gasteiger partial charge in [-0.2, -0.15) is 0 Å². The quantitative estimate of drug-likeness (QED) is 0.549. The van der Waals surface area contributed by atoms with Crippen molar-refractivity contribution in [2.75, 3.05) is 51.2 Å². The van der Waals surface area contributed by atoms with Gasteiger partial charge in [0.2, 0.25) is 0 Å². The Morgan fingerprint density at radius 3 is 2.16 bits per heavy atom. The van der Waals surface area contributed by atoms with Crippen molar-refractivity contribution in [1.29, 1.82) is 0 Å². The highest BCUT2D eigenvalue weighted by Crippen LogP contribution is 2.42. The van der Waals surface area contributed by atoms with Crippen LogP contribution in [0.1, 0.15) is 29.5 Å². The van der Waals surface area contributed by atoms with Crippen LogP contribution in [0.5, 0.6) is 0 Å². The third kappa shape index (κ3) is 4.32. The topological polar surface area (TPSA) is 9.72 Å². The molecule has 2 aliphatic rings. The highest BCUT2D eigenvalue weighted by Gasteiger charge is 2.39. The van der Waals surface area contributed by atoms with Crippen LogP contribution in [0, 0.1) is 0 Å². The van der Waals surface area contributed by atoms with E-state index in [0.717, 1.165) is 39.3 Å². The minimum atomic E-state index is 0.0801. The van der Waals surface area contributed by atoms with Gasteiger partial charge < -0.3 is 9.80 Å². The number of piperazine rings is 1. The SMILES string of the molecule is CN1Cc2ccccc2C(CCCN2CCN(c3ccccc3)CC2)(c2ccccc2)C1. The maximum Gasteiger partial charge on any atom is 0.0367 e. The normalized spacial score (nSPS) is 22.0. The molecule has 3 aromatic rings. The van der Waals surface area contributed by atoms with Crippen molar-refractivity contribution in [1.82, 2.24) is 9.80 Å². The molecule has 32 heavy (non-hydrogen) atoms. The molecule has 1 unspecified atom stereocenters. The molecule has 3 heteroatoms. The number of hydrogen-bond donors (Lipinski definition) is 0. The van der Waals surface area contributed by atoms with E-state index in [4.69, 9.17) is 0 Å². The third-order valence-corrected chi connectivity index (χ3v) is 7.41. The predicted molar refractivity (Wildman–Crippen MR) is 134 cm³/mol. The molecule has 0 bridgehead atoms. The molecule has 2 heterocycles. The summed E-state index contributed by atoms with van der Waals surface area (Å²) in [6.07, 6.45) is 2.42. The van der Waals surface area contributed by atoms with Gasteiger partial charge in [0.05, 0.1) is 0 Å². The first-order chi connectivity index (χ1) is 15.7. The molecule has 0 aliphatic carbocycles. The van der Waals surface area contributed by atoms with Gasteiger partial charge in [0.25, 0.3) is 0 Å². The molecule has 0 amide bonds. The van der Waals surface area contributed by atoms with E-state index in [0.29, 0.717) is 0 Å². The van der Waals surface area contributed by atoms with Crippen LogP contribution < -0.4 is 4.90 Å². The maximum absolute atomic E-state index is 2.66. The second-order valence-electron chi connectivity index (χ2n) is 9.55. The first-order valence-corrected chi connectivity index (χ1v) is 12.1. The summed E-state index contributed by atoms with van der Waals surface area (Å²) in [4.78, 5) is 7.69. The Bertz CT molecular complexity index is 995. The summed E-state index contributed by atoms with van der Waals surface area (Å²) in [7, 11) is 2.27. The van der Waals surface area contributed by atoms with E-state index in [1.165, 1.54) is 41.8 Å². The third-order valence-electron chi connectivity index (χ3n) is 7.41. The van der Waals surface area contributed by atoms with Crippen LogP contribution >= 0.6 is 0 Å². The number of para-hydroxylation sites is 1. The minimum absolute atomic E-state index is 0.0801. The van der Waals surface area contributed by atoms with Gasteiger partial charge >= 0.3 is 0 Å². The van der Waals surface area contributed by atoms with Crippen LogP contribution in [0.15, 0.2) is 84.9 Å². The fourth-order valence-electron chi connectivity index (χ4n) is 5.85. The second kappa shape index (κ2) is 9.48. The van der Waals surface area contributed by atoms with Crippen molar-refractivity contribution in [3.8, 4) is 0 Å². The van der Waals surface area contributed by atoms with Crippen molar-refractivity contribution < 1.29 is 0 Å². The van der Waals surface area contributed by atoms with E-state index in [2.05, 4.69) is 107 Å². The molecule has 0 spiro atoms. The van der Waals surface area contributed by atoms with Crippen LogP contribution in [0.2, 0.25) is 0 Å². The zero-order valence-electron chi connectivity index (χ0n) is 19.3. The average molecular weight is 426 g/mol. The van der Waals surface area contributed by atoms with Gasteiger partial charge in [-0.3, -0.25) is 4.90 Å². The van der Waals surface area contributed by atoms with Crippen LogP contribution in [0.4, 0.5) is 5.69 Å². The van der Waals surface area contributed by atoms with E-state index in [-0.39, 0.29) is 5.41 Å². The summed E-state index contributed by atoms with van der Waals surface area (Å²) >= 11 is 0. The molecule has 3 aromatic carbocycles. The number of nitrogens with zero attached hydrogens (tertiary/aromatic N) is 3. The molecule has 1 fully saturated rings. The summed E-state index contributed by atoms with van der Waals surface area (Å²) < 4.78 is 0. The molecule has 5 rings (SSSR count). The first-order valence-electron chi connectivity index (χ1n) is 12.1. The molecular weight excluding hydrogens is 390 g/mol. The number of hydrogen-bond acceptors (Lipinski definition) is 3. The molecule has 1 saturated heterocycles. The molecule has 0 aromatic heterocycles. The van der Waals surface area contributed by atoms with Gasteiger partial charge in [0, 0.05) is 50.4 Å². The fraction of sp³-hybridized carbons (Fsp3) is 0.379.